The zero-order chi connectivity index (χ0) is 18.1. The van der Waals surface area contributed by atoms with Crippen LogP contribution in [0.3, 0.4) is 0 Å². The number of benzene rings is 4. The van der Waals surface area contributed by atoms with Crippen molar-refractivity contribution in [2.24, 2.45) is 0 Å². The first kappa shape index (κ1) is 16.3. The van der Waals surface area contributed by atoms with Crippen molar-refractivity contribution in [3.05, 3.63) is 120 Å². The molecule has 0 aromatic heterocycles. The van der Waals surface area contributed by atoms with Gasteiger partial charge in [-0.25, -0.2) is 0 Å². The van der Waals surface area contributed by atoms with E-state index in [4.69, 9.17) is 4.74 Å². The molecule has 0 amide bonds. The predicted octanol–water partition coefficient (Wildman–Crippen LogP) is 6.01. The van der Waals surface area contributed by atoms with Crippen molar-refractivity contribution in [2.75, 3.05) is 0 Å². The Hall–Kier alpha value is -2.89. The molecular weight excluding hydrogens is 347 g/mol. The fourth-order valence-corrected chi connectivity index (χ4v) is 6.65. The van der Waals surface area contributed by atoms with Crippen LogP contribution in [0, 0.1) is 0 Å². The van der Waals surface area contributed by atoms with Gasteiger partial charge in [0, 0.05) is 16.8 Å². The Morgan fingerprint density at radius 3 is 1.37 bits per heavy atom. The van der Waals surface area contributed by atoms with Gasteiger partial charge in [0.1, 0.15) is 11.5 Å². The second-order valence-corrected chi connectivity index (χ2v) is 8.91. The van der Waals surface area contributed by atoms with Gasteiger partial charge in [0.05, 0.1) is 0 Å². The summed E-state index contributed by atoms with van der Waals surface area (Å²) in [7, 11) is -0.622. The van der Waals surface area contributed by atoms with Crippen molar-refractivity contribution in [3.8, 4) is 11.5 Å². The lowest BCUT2D eigenvalue weighted by atomic mass is 10.00. The minimum absolute atomic E-state index is 0.269. The van der Waals surface area contributed by atoms with Crippen LogP contribution in [0.1, 0.15) is 16.8 Å². The molecule has 0 saturated heterocycles. The first-order valence-electron chi connectivity index (χ1n) is 9.17. The van der Waals surface area contributed by atoms with E-state index in [-0.39, 0.29) is 5.66 Å². The van der Waals surface area contributed by atoms with Crippen molar-refractivity contribution in [3.63, 3.8) is 0 Å². The van der Waals surface area contributed by atoms with E-state index in [1.165, 1.54) is 21.7 Å². The maximum absolute atomic E-state index is 6.24. The summed E-state index contributed by atoms with van der Waals surface area (Å²) in [6.45, 7) is 0. The van der Waals surface area contributed by atoms with Crippen molar-refractivity contribution in [1.29, 1.82) is 0 Å². The molecule has 1 aliphatic rings. The Morgan fingerprint density at radius 2 is 0.889 bits per heavy atom. The van der Waals surface area contributed by atoms with E-state index in [2.05, 4.69) is 109 Å². The molecule has 4 aromatic carbocycles. The highest BCUT2D eigenvalue weighted by Gasteiger charge is 2.34. The van der Waals surface area contributed by atoms with Crippen LogP contribution < -0.4 is 15.3 Å². The fourth-order valence-electron chi connectivity index (χ4n) is 3.79. The molecule has 130 valence electrons. The molecule has 0 bridgehead atoms. The van der Waals surface area contributed by atoms with Gasteiger partial charge in [-0.2, -0.15) is 0 Å². The zero-order valence-corrected chi connectivity index (χ0v) is 15.7. The molecule has 27 heavy (non-hydrogen) atoms. The largest absolute Gasteiger partial charge is 0.457 e. The highest BCUT2D eigenvalue weighted by Crippen LogP contribution is 2.59. The molecule has 0 fully saturated rings. The normalized spacial score (nSPS) is 12.9. The number of hydrogen-bond acceptors (Lipinski definition) is 1. The van der Waals surface area contributed by atoms with E-state index >= 15 is 0 Å². The third-order valence-corrected chi connectivity index (χ3v) is 7.76. The Labute approximate surface area is 161 Å². The lowest BCUT2D eigenvalue weighted by molar-refractivity contribution is 0.458. The third kappa shape index (κ3) is 2.95. The van der Waals surface area contributed by atoms with E-state index in [0.29, 0.717) is 0 Å². The standard InChI is InChI=1S/C25H19OP/c1-3-11-19(12-4-1)27(20-13-5-2-6-14-20)25-21-15-7-9-17-23(21)26-24-18-10-8-16-22(24)25/h1-18,25H. The van der Waals surface area contributed by atoms with Gasteiger partial charge in [-0.3, -0.25) is 0 Å². The summed E-state index contributed by atoms with van der Waals surface area (Å²) in [4.78, 5) is 0. The van der Waals surface area contributed by atoms with Gasteiger partial charge < -0.3 is 4.74 Å². The molecule has 0 N–H and O–H groups in total. The minimum atomic E-state index is -0.622. The van der Waals surface area contributed by atoms with Crippen LogP contribution >= 0.6 is 7.92 Å². The van der Waals surface area contributed by atoms with Crippen LogP contribution in [-0.2, 0) is 0 Å². The van der Waals surface area contributed by atoms with Gasteiger partial charge >= 0.3 is 0 Å². The SMILES string of the molecule is c1ccc(P(c2ccccc2)C2c3ccccc3Oc3ccccc32)cc1. The molecule has 0 spiro atoms. The number of rotatable bonds is 3. The van der Waals surface area contributed by atoms with Gasteiger partial charge in [0.2, 0.25) is 0 Å². The monoisotopic (exact) mass is 366 g/mol. The van der Waals surface area contributed by atoms with Crippen LogP contribution in [0.15, 0.2) is 109 Å². The summed E-state index contributed by atoms with van der Waals surface area (Å²) < 4.78 is 6.24. The summed E-state index contributed by atoms with van der Waals surface area (Å²) in [6, 6.07) is 38.8. The Kier molecular flexibility index (Phi) is 4.24. The summed E-state index contributed by atoms with van der Waals surface area (Å²) in [5, 5.41) is 2.77. The lowest BCUT2D eigenvalue weighted by Gasteiger charge is -2.34. The average molecular weight is 366 g/mol. The number of hydrogen-bond donors (Lipinski definition) is 0. The molecule has 1 heterocycles. The number of ether oxygens (including phenoxy) is 1. The molecule has 0 unspecified atom stereocenters. The third-order valence-electron chi connectivity index (χ3n) is 4.97. The Morgan fingerprint density at radius 1 is 0.481 bits per heavy atom. The van der Waals surface area contributed by atoms with E-state index < -0.39 is 7.92 Å². The van der Waals surface area contributed by atoms with Crippen LogP contribution in [0.4, 0.5) is 0 Å². The molecule has 0 aliphatic carbocycles. The molecule has 0 atom stereocenters. The molecule has 5 rings (SSSR count). The minimum Gasteiger partial charge on any atom is -0.457 e. The molecule has 0 saturated carbocycles. The Bertz CT molecular complexity index is 975. The van der Waals surface area contributed by atoms with Crippen molar-refractivity contribution >= 4 is 18.5 Å². The van der Waals surface area contributed by atoms with Crippen molar-refractivity contribution in [1.82, 2.24) is 0 Å². The Balaban J connectivity index is 1.77. The van der Waals surface area contributed by atoms with Crippen LogP contribution in [0.2, 0.25) is 0 Å². The van der Waals surface area contributed by atoms with Gasteiger partial charge in [-0.15, -0.1) is 0 Å². The second kappa shape index (κ2) is 7.02. The fraction of sp³-hybridized carbons (Fsp3) is 0.0400. The lowest BCUT2D eigenvalue weighted by Crippen LogP contribution is -2.20. The highest BCUT2D eigenvalue weighted by molar-refractivity contribution is 7.73. The van der Waals surface area contributed by atoms with Gasteiger partial charge in [0.25, 0.3) is 0 Å². The average Bonchev–Trinajstić information content (AvgIpc) is 2.75. The topological polar surface area (TPSA) is 9.23 Å². The smallest absolute Gasteiger partial charge is 0.131 e. The predicted molar refractivity (Wildman–Crippen MR) is 114 cm³/mol. The molecule has 0 radical (unpaired) electrons. The van der Waals surface area contributed by atoms with Gasteiger partial charge in [-0.1, -0.05) is 97.1 Å². The molecule has 1 aliphatic heterocycles. The maximum Gasteiger partial charge on any atom is 0.131 e. The first-order valence-corrected chi connectivity index (χ1v) is 10.6. The van der Waals surface area contributed by atoms with E-state index in [1.54, 1.807) is 0 Å². The maximum atomic E-state index is 6.24. The van der Waals surface area contributed by atoms with E-state index in [1.807, 2.05) is 0 Å². The van der Waals surface area contributed by atoms with Crippen LogP contribution in [0.5, 0.6) is 11.5 Å². The van der Waals surface area contributed by atoms with Gasteiger partial charge in [-0.05, 0) is 30.7 Å². The van der Waals surface area contributed by atoms with Crippen LogP contribution in [0.25, 0.3) is 0 Å². The summed E-state index contributed by atoms with van der Waals surface area (Å²) in [6.07, 6.45) is 0. The van der Waals surface area contributed by atoms with E-state index in [0.717, 1.165) is 11.5 Å². The molecule has 1 nitrogen and oxygen atoms in total. The van der Waals surface area contributed by atoms with Crippen LogP contribution in [-0.4, -0.2) is 0 Å². The molecular formula is C25H19OP. The quantitative estimate of drug-likeness (QED) is 0.403. The number of para-hydroxylation sites is 2. The molecule has 2 heteroatoms. The van der Waals surface area contributed by atoms with E-state index in [9.17, 15) is 0 Å². The first-order chi connectivity index (χ1) is 13.4. The second-order valence-electron chi connectivity index (χ2n) is 6.62. The summed E-state index contributed by atoms with van der Waals surface area (Å²) in [5.41, 5.74) is 2.82. The number of fused-ring (bicyclic) bond motifs is 2. The summed E-state index contributed by atoms with van der Waals surface area (Å²) >= 11 is 0. The van der Waals surface area contributed by atoms with Crippen molar-refractivity contribution < 1.29 is 4.74 Å². The van der Waals surface area contributed by atoms with Gasteiger partial charge in [0.15, 0.2) is 0 Å². The highest BCUT2D eigenvalue weighted by atomic mass is 31.1. The van der Waals surface area contributed by atoms with Crippen molar-refractivity contribution in [2.45, 2.75) is 5.66 Å². The summed E-state index contributed by atoms with van der Waals surface area (Å²) in [5.74, 6) is 1.95. The zero-order valence-electron chi connectivity index (χ0n) is 14.8. The molecule has 4 aromatic rings.